The Balaban J connectivity index is 1.47. The topological polar surface area (TPSA) is 62.7 Å². The monoisotopic (exact) mass is 412 g/mol. The lowest BCUT2D eigenvalue weighted by Crippen LogP contribution is -2.23. The summed E-state index contributed by atoms with van der Waals surface area (Å²) >= 11 is 3.41. The molecule has 1 amide bonds. The van der Waals surface area contributed by atoms with Gasteiger partial charge in [-0.3, -0.25) is 4.79 Å². The zero-order valence-electron chi connectivity index (χ0n) is 13.5. The predicted molar refractivity (Wildman–Crippen MR) is 101 cm³/mol. The molecule has 0 saturated carbocycles. The van der Waals surface area contributed by atoms with E-state index < -0.39 is 0 Å². The first-order chi connectivity index (χ1) is 12.6. The van der Waals surface area contributed by atoms with Crippen molar-refractivity contribution in [2.75, 3.05) is 0 Å². The molecule has 0 aliphatic carbocycles. The molecule has 0 fully saturated rings. The Bertz CT molecular complexity index is 1090. The van der Waals surface area contributed by atoms with Crippen LogP contribution in [-0.2, 0) is 6.54 Å². The lowest BCUT2D eigenvalue weighted by molar-refractivity contribution is 0.0946. The van der Waals surface area contributed by atoms with Gasteiger partial charge in [-0.25, -0.2) is 9.37 Å². The van der Waals surface area contributed by atoms with Crippen molar-refractivity contribution in [3.05, 3.63) is 82.7 Å². The van der Waals surface area contributed by atoms with Crippen molar-refractivity contribution in [3.8, 4) is 5.69 Å². The standard InChI is InChI=1S/C19H14BrFN4O/c20-14-3-2-13-8-17(24-16(13)9-14)19(26)23-10-12-1-4-18(15(21)7-12)25-6-5-22-11-25/h1-9,11,24H,10H2,(H,23,26). The summed E-state index contributed by atoms with van der Waals surface area (Å²) in [5, 5.41) is 3.76. The number of nitrogens with zero attached hydrogens (tertiary/aromatic N) is 2. The van der Waals surface area contributed by atoms with Crippen molar-refractivity contribution in [1.29, 1.82) is 0 Å². The minimum absolute atomic E-state index is 0.235. The number of aromatic nitrogens is 3. The van der Waals surface area contributed by atoms with Gasteiger partial charge in [0.15, 0.2) is 0 Å². The molecule has 0 atom stereocenters. The van der Waals surface area contributed by atoms with E-state index in [-0.39, 0.29) is 18.3 Å². The molecule has 2 aromatic carbocycles. The average Bonchev–Trinajstić information content (AvgIpc) is 3.28. The summed E-state index contributed by atoms with van der Waals surface area (Å²) < 4.78 is 16.8. The maximum Gasteiger partial charge on any atom is 0.267 e. The number of imidazole rings is 1. The number of hydrogen-bond donors (Lipinski definition) is 2. The number of nitrogens with one attached hydrogen (secondary N) is 2. The van der Waals surface area contributed by atoms with E-state index in [4.69, 9.17) is 0 Å². The first kappa shape index (κ1) is 16.5. The summed E-state index contributed by atoms with van der Waals surface area (Å²) in [5.74, 6) is -0.610. The van der Waals surface area contributed by atoms with E-state index in [1.54, 1.807) is 35.2 Å². The van der Waals surface area contributed by atoms with Crippen LogP contribution in [0.1, 0.15) is 16.1 Å². The third-order valence-electron chi connectivity index (χ3n) is 4.08. The van der Waals surface area contributed by atoms with Gasteiger partial charge in [0.1, 0.15) is 11.5 Å². The molecule has 4 rings (SSSR count). The maximum atomic E-state index is 14.3. The van der Waals surface area contributed by atoms with Crippen LogP contribution in [0.4, 0.5) is 4.39 Å². The molecular formula is C19H14BrFN4O. The average molecular weight is 413 g/mol. The molecule has 2 aromatic heterocycles. The van der Waals surface area contributed by atoms with E-state index in [2.05, 4.69) is 31.2 Å². The van der Waals surface area contributed by atoms with E-state index in [1.165, 1.54) is 12.4 Å². The minimum Gasteiger partial charge on any atom is -0.350 e. The van der Waals surface area contributed by atoms with Gasteiger partial charge in [-0.2, -0.15) is 0 Å². The summed E-state index contributed by atoms with van der Waals surface area (Å²) in [6.45, 7) is 0.235. The van der Waals surface area contributed by atoms with Gasteiger partial charge in [0, 0.05) is 34.3 Å². The summed E-state index contributed by atoms with van der Waals surface area (Å²) in [6.07, 6.45) is 4.80. The number of benzene rings is 2. The minimum atomic E-state index is -0.370. The fourth-order valence-corrected chi connectivity index (χ4v) is 3.13. The van der Waals surface area contributed by atoms with E-state index >= 15 is 0 Å². The van der Waals surface area contributed by atoms with Crippen LogP contribution >= 0.6 is 15.9 Å². The van der Waals surface area contributed by atoms with Crippen molar-refractivity contribution >= 4 is 32.7 Å². The van der Waals surface area contributed by atoms with Crippen LogP contribution in [-0.4, -0.2) is 20.4 Å². The van der Waals surface area contributed by atoms with Crippen molar-refractivity contribution in [2.45, 2.75) is 6.54 Å². The molecule has 0 saturated heterocycles. The van der Waals surface area contributed by atoms with Crippen LogP contribution in [0, 0.1) is 5.82 Å². The largest absolute Gasteiger partial charge is 0.350 e. The zero-order chi connectivity index (χ0) is 18.1. The number of carbonyl (C=O) groups is 1. The smallest absolute Gasteiger partial charge is 0.267 e. The van der Waals surface area contributed by atoms with Gasteiger partial charge in [0.05, 0.1) is 12.0 Å². The number of fused-ring (bicyclic) bond motifs is 1. The molecule has 2 N–H and O–H groups in total. The van der Waals surface area contributed by atoms with Crippen molar-refractivity contribution in [1.82, 2.24) is 19.9 Å². The van der Waals surface area contributed by atoms with Gasteiger partial charge in [0.2, 0.25) is 0 Å². The highest BCUT2D eigenvalue weighted by molar-refractivity contribution is 9.10. The first-order valence-electron chi connectivity index (χ1n) is 7.93. The summed E-state index contributed by atoms with van der Waals surface area (Å²) in [5.41, 5.74) is 2.44. The zero-order valence-corrected chi connectivity index (χ0v) is 15.1. The van der Waals surface area contributed by atoms with Crippen LogP contribution in [0.3, 0.4) is 0 Å². The Labute approximate surface area is 157 Å². The number of carbonyl (C=O) groups excluding carboxylic acids is 1. The van der Waals surface area contributed by atoms with E-state index in [1.807, 2.05) is 18.2 Å². The molecule has 0 unspecified atom stereocenters. The Kier molecular flexibility index (Phi) is 4.30. The lowest BCUT2D eigenvalue weighted by atomic mass is 10.2. The van der Waals surface area contributed by atoms with Crippen LogP contribution in [0.15, 0.2) is 65.7 Å². The molecular weight excluding hydrogens is 399 g/mol. The van der Waals surface area contributed by atoms with Crippen LogP contribution in [0.25, 0.3) is 16.6 Å². The van der Waals surface area contributed by atoms with Crippen LogP contribution < -0.4 is 5.32 Å². The summed E-state index contributed by atoms with van der Waals surface area (Å²) in [6, 6.07) is 12.4. The molecule has 0 radical (unpaired) electrons. The Morgan fingerprint density at radius 1 is 1.23 bits per heavy atom. The third kappa shape index (κ3) is 3.25. The van der Waals surface area contributed by atoms with E-state index in [0.717, 1.165) is 15.4 Å². The number of amides is 1. The number of halogens is 2. The lowest BCUT2D eigenvalue weighted by Gasteiger charge is -2.08. The highest BCUT2D eigenvalue weighted by atomic mass is 79.9. The summed E-state index contributed by atoms with van der Waals surface area (Å²) in [4.78, 5) is 19.3. The van der Waals surface area contributed by atoms with Gasteiger partial charge in [-0.05, 0) is 35.9 Å². The van der Waals surface area contributed by atoms with Crippen LogP contribution in [0.5, 0.6) is 0 Å². The molecule has 4 aromatic rings. The second-order valence-corrected chi connectivity index (χ2v) is 6.77. The van der Waals surface area contributed by atoms with Crippen molar-refractivity contribution in [3.63, 3.8) is 0 Å². The Morgan fingerprint density at radius 2 is 2.12 bits per heavy atom. The number of hydrogen-bond acceptors (Lipinski definition) is 2. The second kappa shape index (κ2) is 6.76. The number of rotatable bonds is 4. The fraction of sp³-hybridized carbons (Fsp3) is 0.0526. The number of H-pyrrole nitrogens is 1. The predicted octanol–water partition coefficient (Wildman–Crippen LogP) is 4.19. The molecule has 26 heavy (non-hydrogen) atoms. The van der Waals surface area contributed by atoms with Gasteiger partial charge in [-0.15, -0.1) is 0 Å². The molecule has 0 aliphatic heterocycles. The first-order valence-corrected chi connectivity index (χ1v) is 8.73. The third-order valence-corrected chi connectivity index (χ3v) is 4.57. The normalized spacial score (nSPS) is 11.0. The molecule has 0 aliphatic rings. The second-order valence-electron chi connectivity index (χ2n) is 5.85. The molecule has 130 valence electrons. The molecule has 0 bridgehead atoms. The van der Waals surface area contributed by atoms with Crippen molar-refractivity contribution < 1.29 is 9.18 Å². The van der Waals surface area contributed by atoms with E-state index in [9.17, 15) is 9.18 Å². The SMILES string of the molecule is O=C(NCc1ccc(-n2ccnc2)c(F)c1)c1cc2ccc(Br)cc2[nH]1. The molecule has 2 heterocycles. The highest BCUT2D eigenvalue weighted by Crippen LogP contribution is 2.20. The fourth-order valence-electron chi connectivity index (χ4n) is 2.77. The molecule has 5 nitrogen and oxygen atoms in total. The quantitative estimate of drug-likeness (QED) is 0.527. The van der Waals surface area contributed by atoms with Gasteiger partial charge < -0.3 is 14.9 Å². The molecule has 7 heteroatoms. The number of aromatic amines is 1. The van der Waals surface area contributed by atoms with Gasteiger partial charge in [-0.1, -0.05) is 28.1 Å². The Hall–Kier alpha value is -2.93. The van der Waals surface area contributed by atoms with Gasteiger partial charge >= 0.3 is 0 Å². The highest BCUT2D eigenvalue weighted by Gasteiger charge is 2.11. The van der Waals surface area contributed by atoms with E-state index in [0.29, 0.717) is 16.9 Å². The van der Waals surface area contributed by atoms with Crippen molar-refractivity contribution in [2.24, 2.45) is 0 Å². The Morgan fingerprint density at radius 3 is 2.88 bits per heavy atom. The van der Waals surface area contributed by atoms with Crippen LogP contribution in [0.2, 0.25) is 0 Å². The summed E-state index contributed by atoms with van der Waals surface area (Å²) in [7, 11) is 0. The molecule has 0 spiro atoms. The van der Waals surface area contributed by atoms with Gasteiger partial charge in [0.25, 0.3) is 5.91 Å². The maximum absolute atomic E-state index is 14.3.